The molecule has 0 aromatic carbocycles. The smallest absolute Gasteiger partial charge is 0.356 e. The Morgan fingerprint density at radius 3 is 2.59 bits per heavy atom. The van der Waals surface area contributed by atoms with Gasteiger partial charge in [-0.1, -0.05) is 20.8 Å². The summed E-state index contributed by atoms with van der Waals surface area (Å²) in [4.78, 5) is 11.3. The summed E-state index contributed by atoms with van der Waals surface area (Å²) in [6.07, 6.45) is 0.655. The number of fused-ring (bicyclic) bond motifs is 1. The maximum atomic E-state index is 11.3. The molecule has 0 unspecified atom stereocenters. The molecule has 0 bridgehead atoms. The van der Waals surface area contributed by atoms with E-state index in [1.165, 1.54) is 0 Å². The highest BCUT2D eigenvalue weighted by molar-refractivity contribution is 5.89. The number of hydrogen-bond acceptors (Lipinski definition) is 3. The van der Waals surface area contributed by atoms with Crippen molar-refractivity contribution in [3.63, 3.8) is 0 Å². The fraction of sp³-hybridized carbons (Fsp3) is 0.583. The average Bonchev–Trinajstić information content (AvgIpc) is 2.52. The van der Waals surface area contributed by atoms with Crippen molar-refractivity contribution in [2.24, 2.45) is 0 Å². The predicted molar refractivity (Wildman–Crippen MR) is 62.7 cm³/mol. The molecule has 1 aliphatic heterocycles. The summed E-state index contributed by atoms with van der Waals surface area (Å²) in [6, 6.07) is 0. The third-order valence-corrected chi connectivity index (χ3v) is 3.15. The number of carboxylic acid groups (broad SMARTS) is 1. The second-order valence-corrected chi connectivity index (χ2v) is 5.44. The number of carbonyl (C=O) groups is 1. The second-order valence-electron chi connectivity index (χ2n) is 5.44. The van der Waals surface area contributed by atoms with Gasteiger partial charge in [-0.05, 0) is 16.5 Å². The predicted octanol–water partition coefficient (Wildman–Crippen LogP) is 1.37. The lowest BCUT2D eigenvalue weighted by Crippen LogP contribution is -2.26. The number of hydrogen-bond donors (Lipinski definition) is 3. The van der Waals surface area contributed by atoms with Crippen LogP contribution in [0.3, 0.4) is 0 Å². The van der Waals surface area contributed by atoms with E-state index in [-0.39, 0.29) is 11.1 Å². The minimum atomic E-state index is -1.08. The normalized spacial score (nSPS) is 15.7. The van der Waals surface area contributed by atoms with Crippen molar-refractivity contribution in [2.75, 3.05) is 6.54 Å². The zero-order valence-corrected chi connectivity index (χ0v) is 10.4. The zero-order valence-electron chi connectivity index (χ0n) is 10.4. The number of aromatic carboxylic acids is 1. The van der Waals surface area contributed by atoms with Crippen LogP contribution in [0.4, 0.5) is 0 Å². The molecule has 0 aliphatic carbocycles. The van der Waals surface area contributed by atoms with E-state index >= 15 is 0 Å². The van der Waals surface area contributed by atoms with Crippen LogP contribution in [0, 0.1) is 0 Å². The standard InChI is InChI=1S/C12H18N2O3/c1-12(2,3)9-7-6-13-5-4-8(7)14(17)10(9)11(15)16/h13,17H,4-6H2,1-3H3,(H,15,16). The molecular weight excluding hydrogens is 220 g/mol. The van der Waals surface area contributed by atoms with Crippen molar-refractivity contribution >= 4 is 5.97 Å². The van der Waals surface area contributed by atoms with E-state index in [1.807, 2.05) is 20.8 Å². The molecule has 0 spiro atoms. The topological polar surface area (TPSA) is 74.5 Å². The van der Waals surface area contributed by atoms with Crippen molar-refractivity contribution in [1.29, 1.82) is 0 Å². The van der Waals surface area contributed by atoms with Crippen LogP contribution in [0.1, 0.15) is 48.1 Å². The Bertz CT molecular complexity index is 469. The maximum absolute atomic E-state index is 11.3. The van der Waals surface area contributed by atoms with Crippen molar-refractivity contribution in [3.8, 4) is 0 Å². The van der Waals surface area contributed by atoms with Gasteiger partial charge in [0.25, 0.3) is 0 Å². The summed E-state index contributed by atoms with van der Waals surface area (Å²) in [6.45, 7) is 7.27. The van der Waals surface area contributed by atoms with Gasteiger partial charge in [-0.25, -0.2) is 4.79 Å². The van der Waals surface area contributed by atoms with Crippen molar-refractivity contribution < 1.29 is 15.1 Å². The van der Waals surface area contributed by atoms with Crippen LogP contribution in [-0.4, -0.2) is 27.6 Å². The van der Waals surface area contributed by atoms with Gasteiger partial charge in [0.15, 0.2) is 5.69 Å². The molecule has 0 radical (unpaired) electrons. The van der Waals surface area contributed by atoms with E-state index in [4.69, 9.17) is 0 Å². The molecule has 5 heteroatoms. The Kier molecular flexibility index (Phi) is 2.66. The minimum Gasteiger partial charge on any atom is -0.476 e. The summed E-state index contributed by atoms with van der Waals surface area (Å²) >= 11 is 0. The van der Waals surface area contributed by atoms with Gasteiger partial charge in [0.2, 0.25) is 0 Å². The Morgan fingerprint density at radius 1 is 1.41 bits per heavy atom. The van der Waals surface area contributed by atoms with Crippen LogP contribution >= 0.6 is 0 Å². The molecule has 17 heavy (non-hydrogen) atoms. The SMILES string of the molecule is CC(C)(C)c1c2c(n(O)c1C(=O)O)CCNC2. The third-order valence-electron chi connectivity index (χ3n) is 3.15. The molecule has 94 valence electrons. The highest BCUT2D eigenvalue weighted by Crippen LogP contribution is 2.34. The first kappa shape index (κ1) is 12.0. The molecule has 0 saturated heterocycles. The third kappa shape index (κ3) is 1.80. The van der Waals surface area contributed by atoms with Crippen LogP contribution in [0.5, 0.6) is 0 Å². The van der Waals surface area contributed by atoms with Crippen molar-refractivity contribution in [1.82, 2.24) is 10.0 Å². The van der Waals surface area contributed by atoms with Gasteiger partial charge in [-0.2, -0.15) is 4.73 Å². The van der Waals surface area contributed by atoms with Crippen molar-refractivity contribution in [2.45, 2.75) is 39.2 Å². The molecule has 1 aromatic rings. The van der Waals surface area contributed by atoms with Gasteiger partial charge >= 0.3 is 5.97 Å². The van der Waals surface area contributed by atoms with E-state index in [0.717, 1.165) is 28.1 Å². The van der Waals surface area contributed by atoms with Gasteiger partial charge in [0.1, 0.15) is 0 Å². The quantitative estimate of drug-likeness (QED) is 0.646. The summed E-state index contributed by atoms with van der Waals surface area (Å²) in [5.74, 6) is -1.08. The number of carboxylic acids is 1. The summed E-state index contributed by atoms with van der Waals surface area (Å²) in [5, 5.41) is 22.5. The number of nitrogens with zero attached hydrogens (tertiary/aromatic N) is 1. The first-order valence-corrected chi connectivity index (χ1v) is 5.74. The van der Waals surface area contributed by atoms with Crippen LogP contribution in [-0.2, 0) is 18.4 Å². The molecule has 1 aromatic heterocycles. The van der Waals surface area contributed by atoms with E-state index < -0.39 is 5.97 Å². The Labute approximate surface area is 100 Å². The number of aromatic nitrogens is 1. The molecule has 2 heterocycles. The number of nitrogens with one attached hydrogen (secondary N) is 1. The molecule has 0 atom stereocenters. The van der Waals surface area contributed by atoms with Gasteiger partial charge in [0, 0.05) is 19.5 Å². The molecular formula is C12H18N2O3. The van der Waals surface area contributed by atoms with Crippen LogP contribution in [0.2, 0.25) is 0 Å². The Balaban J connectivity index is 2.74. The summed E-state index contributed by atoms with van der Waals surface area (Å²) in [7, 11) is 0. The lowest BCUT2D eigenvalue weighted by molar-refractivity contribution is 0.0635. The van der Waals surface area contributed by atoms with Gasteiger partial charge in [-0.15, -0.1) is 0 Å². The van der Waals surface area contributed by atoms with Crippen molar-refractivity contribution in [3.05, 3.63) is 22.5 Å². The molecule has 0 amide bonds. The van der Waals surface area contributed by atoms with Gasteiger partial charge in [-0.3, -0.25) is 0 Å². The molecule has 5 nitrogen and oxygen atoms in total. The van der Waals surface area contributed by atoms with E-state index in [1.54, 1.807) is 0 Å². The zero-order chi connectivity index (χ0) is 12.8. The van der Waals surface area contributed by atoms with Gasteiger partial charge in [0.05, 0.1) is 5.69 Å². The average molecular weight is 238 g/mol. The molecule has 2 rings (SSSR count). The highest BCUT2D eigenvalue weighted by Gasteiger charge is 2.34. The lowest BCUT2D eigenvalue weighted by Gasteiger charge is -2.22. The molecule has 1 aliphatic rings. The maximum Gasteiger partial charge on any atom is 0.356 e. The molecule has 0 fully saturated rings. The monoisotopic (exact) mass is 238 g/mol. The Hall–Kier alpha value is -1.49. The van der Waals surface area contributed by atoms with E-state index in [0.29, 0.717) is 13.0 Å². The molecule has 0 saturated carbocycles. The van der Waals surface area contributed by atoms with Gasteiger partial charge < -0.3 is 15.6 Å². The van der Waals surface area contributed by atoms with Crippen LogP contribution < -0.4 is 5.32 Å². The fourth-order valence-electron chi connectivity index (χ4n) is 2.53. The number of rotatable bonds is 1. The lowest BCUT2D eigenvalue weighted by atomic mass is 9.83. The second kappa shape index (κ2) is 3.77. The van der Waals surface area contributed by atoms with E-state index in [2.05, 4.69) is 5.32 Å². The largest absolute Gasteiger partial charge is 0.476 e. The van der Waals surface area contributed by atoms with E-state index in [9.17, 15) is 15.1 Å². The van der Waals surface area contributed by atoms with Crippen LogP contribution in [0.25, 0.3) is 0 Å². The molecule has 3 N–H and O–H groups in total. The fourth-order valence-corrected chi connectivity index (χ4v) is 2.53. The first-order valence-electron chi connectivity index (χ1n) is 5.74. The summed E-state index contributed by atoms with van der Waals surface area (Å²) < 4.78 is 0.860. The Morgan fingerprint density at radius 2 is 2.06 bits per heavy atom. The minimum absolute atomic E-state index is 0.00574. The highest BCUT2D eigenvalue weighted by atomic mass is 16.5. The summed E-state index contributed by atoms with van der Waals surface area (Å²) in [5.41, 5.74) is 2.10. The first-order chi connectivity index (χ1) is 7.84. The van der Waals surface area contributed by atoms with Crippen LogP contribution in [0.15, 0.2) is 0 Å².